The SMILES string of the molecule is C#C.CC.O=c1c2c(F)cccc2nc(CNc2ncnc3nc[nH]c23)n1-c1ccccc1. The number of para-hydroxylation sites is 1. The molecule has 0 aliphatic carbocycles. The van der Waals surface area contributed by atoms with Gasteiger partial charge in [0.2, 0.25) is 0 Å². The Bertz CT molecular complexity index is 1440. The van der Waals surface area contributed by atoms with Gasteiger partial charge in [-0.2, -0.15) is 0 Å². The van der Waals surface area contributed by atoms with Crippen LogP contribution in [0.25, 0.3) is 27.8 Å². The molecule has 0 amide bonds. The van der Waals surface area contributed by atoms with E-state index in [1.54, 1.807) is 18.2 Å². The Hall–Kier alpha value is -4.58. The normalized spacial score (nSPS) is 10.1. The minimum atomic E-state index is -0.598. The molecule has 33 heavy (non-hydrogen) atoms. The van der Waals surface area contributed by atoms with Crippen molar-refractivity contribution in [2.24, 2.45) is 0 Å². The highest BCUT2D eigenvalue weighted by Gasteiger charge is 2.16. The van der Waals surface area contributed by atoms with Crippen molar-refractivity contribution < 1.29 is 4.39 Å². The standard InChI is InChI=1S/C20H14FN7O.C2H6.C2H2/c21-13-7-4-8-14-16(13)20(29)28(12-5-2-1-3-6-12)15(27-14)9-22-18-17-19(24-10-23-17)26-11-25-18;2*1-2/h1-8,10-11H,9H2,(H2,22,23,24,25,26);1-2H3;1-2H. The molecule has 5 aromatic rings. The molecule has 0 atom stereocenters. The number of aromatic nitrogens is 6. The molecule has 0 bridgehead atoms. The lowest BCUT2D eigenvalue weighted by Gasteiger charge is -2.15. The molecule has 2 N–H and O–H groups in total. The van der Waals surface area contributed by atoms with Crippen LogP contribution in [-0.4, -0.2) is 29.5 Å². The van der Waals surface area contributed by atoms with Crippen LogP contribution in [0.2, 0.25) is 0 Å². The number of nitrogens with one attached hydrogen (secondary N) is 2. The van der Waals surface area contributed by atoms with E-state index in [0.717, 1.165) is 0 Å². The largest absolute Gasteiger partial charge is 0.361 e. The van der Waals surface area contributed by atoms with Gasteiger partial charge in [0.25, 0.3) is 5.56 Å². The first-order chi connectivity index (χ1) is 16.2. The first-order valence-electron chi connectivity index (χ1n) is 10.2. The van der Waals surface area contributed by atoms with E-state index < -0.39 is 11.4 Å². The van der Waals surface area contributed by atoms with E-state index in [-0.39, 0.29) is 11.9 Å². The minimum Gasteiger partial charge on any atom is -0.361 e. The third-order valence-electron chi connectivity index (χ3n) is 4.57. The predicted molar refractivity (Wildman–Crippen MR) is 128 cm³/mol. The van der Waals surface area contributed by atoms with Gasteiger partial charge in [0.15, 0.2) is 11.5 Å². The summed E-state index contributed by atoms with van der Waals surface area (Å²) in [6.07, 6.45) is 10.9. The van der Waals surface area contributed by atoms with E-state index in [1.807, 2.05) is 32.0 Å². The summed E-state index contributed by atoms with van der Waals surface area (Å²) in [5, 5.41) is 3.12. The van der Waals surface area contributed by atoms with Crippen LogP contribution in [0.3, 0.4) is 0 Å². The van der Waals surface area contributed by atoms with Crippen molar-refractivity contribution in [2.45, 2.75) is 20.4 Å². The van der Waals surface area contributed by atoms with Gasteiger partial charge in [0, 0.05) is 0 Å². The summed E-state index contributed by atoms with van der Waals surface area (Å²) < 4.78 is 15.8. The zero-order valence-electron chi connectivity index (χ0n) is 18.2. The second-order valence-electron chi connectivity index (χ2n) is 6.32. The first kappa shape index (κ1) is 23.1. The summed E-state index contributed by atoms with van der Waals surface area (Å²) in [7, 11) is 0. The summed E-state index contributed by atoms with van der Waals surface area (Å²) in [5.74, 6) is 0.352. The number of aromatic amines is 1. The number of benzene rings is 2. The smallest absolute Gasteiger partial charge is 0.269 e. The summed E-state index contributed by atoms with van der Waals surface area (Å²) in [6, 6.07) is 13.4. The second kappa shape index (κ2) is 10.6. The molecule has 9 heteroatoms. The van der Waals surface area contributed by atoms with Gasteiger partial charge in [-0.15, -0.1) is 12.8 Å². The number of anilines is 1. The van der Waals surface area contributed by atoms with Gasteiger partial charge in [-0.05, 0) is 24.3 Å². The lowest BCUT2D eigenvalue weighted by atomic mass is 10.2. The molecule has 2 aromatic carbocycles. The van der Waals surface area contributed by atoms with Gasteiger partial charge in [-0.25, -0.2) is 24.3 Å². The molecule has 8 nitrogen and oxygen atoms in total. The number of halogens is 1. The van der Waals surface area contributed by atoms with E-state index in [4.69, 9.17) is 0 Å². The van der Waals surface area contributed by atoms with Crippen LogP contribution in [-0.2, 0) is 6.54 Å². The van der Waals surface area contributed by atoms with Crippen molar-refractivity contribution >= 4 is 27.9 Å². The number of hydrogen-bond donors (Lipinski definition) is 2. The number of nitrogens with zero attached hydrogens (tertiary/aromatic N) is 5. The van der Waals surface area contributed by atoms with E-state index in [0.29, 0.717) is 34.0 Å². The summed E-state index contributed by atoms with van der Waals surface area (Å²) in [6.45, 7) is 4.18. The van der Waals surface area contributed by atoms with Crippen LogP contribution >= 0.6 is 0 Å². The van der Waals surface area contributed by atoms with Gasteiger partial charge < -0.3 is 10.3 Å². The number of H-pyrrole nitrogens is 1. The maximum atomic E-state index is 14.4. The average Bonchev–Trinajstić information content (AvgIpc) is 3.35. The van der Waals surface area contributed by atoms with Crippen molar-refractivity contribution in [3.63, 3.8) is 0 Å². The lowest BCUT2D eigenvalue weighted by Crippen LogP contribution is -2.26. The van der Waals surface area contributed by atoms with Gasteiger partial charge in [-0.1, -0.05) is 38.1 Å². The number of rotatable bonds is 4. The molecule has 5 rings (SSSR count). The van der Waals surface area contributed by atoms with Crippen molar-refractivity contribution in [3.8, 4) is 18.5 Å². The third kappa shape index (κ3) is 4.55. The fourth-order valence-electron chi connectivity index (χ4n) is 3.26. The number of hydrogen-bond acceptors (Lipinski definition) is 6. The van der Waals surface area contributed by atoms with E-state index >= 15 is 0 Å². The molecule has 0 radical (unpaired) electrons. The van der Waals surface area contributed by atoms with Crippen LogP contribution in [0.5, 0.6) is 0 Å². The highest BCUT2D eigenvalue weighted by atomic mass is 19.1. The fourth-order valence-corrected chi connectivity index (χ4v) is 3.26. The van der Waals surface area contributed by atoms with Crippen molar-refractivity contribution in [2.75, 3.05) is 5.32 Å². The Morgan fingerprint density at radius 3 is 2.55 bits per heavy atom. The van der Waals surface area contributed by atoms with Crippen LogP contribution in [0.15, 0.2) is 66.0 Å². The maximum absolute atomic E-state index is 14.4. The summed E-state index contributed by atoms with van der Waals surface area (Å²) >= 11 is 0. The minimum absolute atomic E-state index is 0.0434. The van der Waals surface area contributed by atoms with Crippen LogP contribution in [0.1, 0.15) is 19.7 Å². The molecule has 0 aliphatic heterocycles. The molecule has 0 unspecified atom stereocenters. The van der Waals surface area contributed by atoms with E-state index in [1.165, 1.54) is 29.4 Å². The van der Waals surface area contributed by atoms with Gasteiger partial charge >= 0.3 is 0 Å². The molecular formula is C24H22FN7O. The zero-order valence-corrected chi connectivity index (χ0v) is 18.2. The Labute approximate surface area is 189 Å². The van der Waals surface area contributed by atoms with Crippen LogP contribution in [0.4, 0.5) is 10.2 Å². The number of terminal acetylenes is 1. The Kier molecular flexibility index (Phi) is 7.44. The Morgan fingerprint density at radius 2 is 1.79 bits per heavy atom. The predicted octanol–water partition coefficient (Wildman–Crippen LogP) is 4.08. The molecule has 3 aromatic heterocycles. The van der Waals surface area contributed by atoms with Crippen molar-refractivity contribution in [1.82, 2.24) is 29.5 Å². The molecule has 0 fully saturated rings. The molecule has 0 spiro atoms. The van der Waals surface area contributed by atoms with Gasteiger partial charge in [0.1, 0.15) is 28.9 Å². The summed E-state index contributed by atoms with van der Waals surface area (Å²) in [4.78, 5) is 33.1. The molecule has 3 heterocycles. The first-order valence-corrected chi connectivity index (χ1v) is 10.2. The molecule has 166 valence electrons. The van der Waals surface area contributed by atoms with Crippen molar-refractivity contribution in [1.29, 1.82) is 0 Å². The van der Waals surface area contributed by atoms with Crippen LogP contribution < -0.4 is 10.9 Å². The summed E-state index contributed by atoms with van der Waals surface area (Å²) in [5.41, 5.74) is 1.60. The van der Waals surface area contributed by atoms with E-state index in [2.05, 4.69) is 43.1 Å². The van der Waals surface area contributed by atoms with E-state index in [9.17, 15) is 9.18 Å². The number of fused-ring (bicyclic) bond motifs is 2. The Balaban J connectivity index is 0.000000728. The molecule has 0 aliphatic rings. The molecule has 0 saturated heterocycles. The van der Waals surface area contributed by atoms with Crippen LogP contribution in [0, 0.1) is 18.7 Å². The number of imidazole rings is 1. The zero-order chi connectivity index (χ0) is 23.8. The van der Waals surface area contributed by atoms with Gasteiger partial charge in [-0.3, -0.25) is 9.36 Å². The second-order valence-corrected chi connectivity index (χ2v) is 6.32. The fraction of sp³-hybridized carbons (Fsp3) is 0.125. The Morgan fingerprint density at radius 1 is 1.03 bits per heavy atom. The quantitative estimate of drug-likeness (QED) is 0.406. The van der Waals surface area contributed by atoms with Gasteiger partial charge in [0.05, 0.1) is 24.1 Å². The molecule has 0 saturated carbocycles. The lowest BCUT2D eigenvalue weighted by molar-refractivity contribution is 0.636. The molecular weight excluding hydrogens is 421 g/mol. The van der Waals surface area contributed by atoms with Crippen molar-refractivity contribution in [3.05, 3.63) is 83.2 Å². The highest BCUT2D eigenvalue weighted by molar-refractivity contribution is 5.82. The maximum Gasteiger partial charge on any atom is 0.269 e. The third-order valence-corrected chi connectivity index (χ3v) is 4.57. The highest BCUT2D eigenvalue weighted by Crippen LogP contribution is 2.18. The average molecular weight is 443 g/mol. The monoisotopic (exact) mass is 443 g/mol. The topological polar surface area (TPSA) is 101 Å².